The second-order valence-electron chi connectivity index (χ2n) is 10.9. The third-order valence-electron chi connectivity index (χ3n) is 7.48. The number of aromatic nitrogens is 1. The number of anilines is 2. The van der Waals surface area contributed by atoms with Gasteiger partial charge in [0.2, 0.25) is 5.91 Å². The van der Waals surface area contributed by atoms with Gasteiger partial charge in [-0.25, -0.2) is 4.98 Å². The first-order valence-corrected chi connectivity index (χ1v) is 18.3. The molecule has 0 aliphatic heterocycles. The van der Waals surface area contributed by atoms with Gasteiger partial charge >= 0.3 is 0 Å². The monoisotopic (exact) mass is 732 g/mol. The van der Waals surface area contributed by atoms with Crippen LogP contribution in [-0.4, -0.2) is 36.9 Å². The molecule has 1 atom stereocenters. The average molecular weight is 733 g/mol. The fourth-order valence-corrected chi connectivity index (χ4v) is 7.34. The molecule has 0 bridgehead atoms. The summed E-state index contributed by atoms with van der Waals surface area (Å²) in [5, 5.41) is 12.3. The number of nitrogens with one attached hydrogen (secondary N) is 3. The molecule has 51 heavy (non-hydrogen) atoms. The number of thioether (sulfide) groups is 1. The number of methoxy groups -OCH3 is 2. The second-order valence-corrected chi connectivity index (χ2v) is 13.9. The zero-order valence-corrected chi connectivity index (χ0v) is 29.9. The lowest BCUT2D eigenvalue weighted by Crippen LogP contribution is -2.30. The fraction of sp³-hybridized carbons (Fsp3) is 0.0769. The van der Waals surface area contributed by atoms with E-state index in [-0.39, 0.29) is 17.5 Å². The standard InChI is InChI=1S/C39H32N4O5S3/c1-47-33-20-15-27(22-34(33)48-2)32-24-50-39(42-32)43-38(46)35(25-10-5-3-6-11-25)51-29-18-16-28(17-19-29)40-37(45)31(23-30-14-9-21-49-30)41-36(44)26-12-7-4-8-13-26/h3-24,35H,1-2H3,(H,40,45)(H,41,44)(H,42,43,46)/b31-23-. The molecule has 6 rings (SSSR count). The van der Waals surface area contributed by atoms with E-state index in [4.69, 9.17) is 9.47 Å². The van der Waals surface area contributed by atoms with E-state index in [9.17, 15) is 14.4 Å². The van der Waals surface area contributed by atoms with Crippen molar-refractivity contribution in [3.8, 4) is 22.8 Å². The molecule has 0 radical (unpaired) electrons. The van der Waals surface area contributed by atoms with Crippen molar-refractivity contribution in [2.24, 2.45) is 0 Å². The highest BCUT2D eigenvalue weighted by Gasteiger charge is 2.24. The number of hydrogen-bond acceptors (Lipinski definition) is 9. The maximum absolute atomic E-state index is 13.8. The number of ether oxygens (including phenoxy) is 2. The number of nitrogens with zero attached hydrogens (tertiary/aromatic N) is 1. The van der Waals surface area contributed by atoms with Crippen molar-refractivity contribution in [1.82, 2.24) is 10.3 Å². The number of carbonyl (C=O) groups is 3. The summed E-state index contributed by atoms with van der Waals surface area (Å²) in [7, 11) is 3.16. The molecule has 0 aliphatic rings. The molecule has 2 heterocycles. The molecule has 4 aromatic carbocycles. The van der Waals surface area contributed by atoms with Crippen molar-refractivity contribution >= 4 is 69.1 Å². The normalized spacial score (nSPS) is 11.7. The quantitative estimate of drug-likeness (QED) is 0.0803. The number of thiazole rings is 1. The van der Waals surface area contributed by atoms with Gasteiger partial charge in [-0.2, -0.15) is 0 Å². The lowest BCUT2D eigenvalue weighted by Gasteiger charge is -2.17. The molecule has 0 spiro atoms. The topological polar surface area (TPSA) is 119 Å². The zero-order valence-electron chi connectivity index (χ0n) is 27.5. The van der Waals surface area contributed by atoms with Crippen LogP contribution in [0.15, 0.2) is 137 Å². The first-order chi connectivity index (χ1) is 24.9. The predicted octanol–water partition coefficient (Wildman–Crippen LogP) is 8.77. The number of benzene rings is 4. The van der Waals surface area contributed by atoms with Gasteiger partial charge < -0.3 is 25.4 Å². The van der Waals surface area contributed by atoms with Gasteiger partial charge in [-0.05, 0) is 77.7 Å². The molecule has 9 nitrogen and oxygen atoms in total. The Morgan fingerprint density at radius 1 is 0.784 bits per heavy atom. The maximum atomic E-state index is 13.8. The van der Waals surface area contributed by atoms with Gasteiger partial charge in [-0.3, -0.25) is 14.4 Å². The van der Waals surface area contributed by atoms with E-state index >= 15 is 0 Å². The largest absolute Gasteiger partial charge is 0.493 e. The maximum Gasteiger partial charge on any atom is 0.272 e. The van der Waals surface area contributed by atoms with E-state index in [2.05, 4.69) is 20.9 Å². The smallest absolute Gasteiger partial charge is 0.272 e. The highest BCUT2D eigenvalue weighted by atomic mass is 32.2. The summed E-state index contributed by atoms with van der Waals surface area (Å²) in [4.78, 5) is 46.4. The van der Waals surface area contributed by atoms with Gasteiger partial charge in [-0.15, -0.1) is 34.4 Å². The third kappa shape index (κ3) is 9.11. The van der Waals surface area contributed by atoms with Crippen molar-refractivity contribution in [3.05, 3.63) is 148 Å². The van der Waals surface area contributed by atoms with Crippen LogP contribution in [0.3, 0.4) is 0 Å². The van der Waals surface area contributed by atoms with E-state index in [0.717, 1.165) is 20.9 Å². The summed E-state index contributed by atoms with van der Waals surface area (Å²) < 4.78 is 10.8. The SMILES string of the molecule is COc1ccc(-c2csc(NC(=O)C(Sc3ccc(NC(=O)/C(=C/c4cccs4)NC(=O)c4ccccc4)cc3)c3ccccc3)n2)cc1OC. The van der Waals surface area contributed by atoms with Crippen LogP contribution in [0.5, 0.6) is 11.5 Å². The van der Waals surface area contributed by atoms with Gasteiger partial charge in [0.05, 0.1) is 19.9 Å². The van der Waals surface area contributed by atoms with Crippen LogP contribution < -0.4 is 25.4 Å². The highest BCUT2D eigenvalue weighted by Crippen LogP contribution is 2.38. The lowest BCUT2D eigenvalue weighted by atomic mass is 10.1. The molecule has 6 aromatic rings. The van der Waals surface area contributed by atoms with Gasteiger partial charge in [0.25, 0.3) is 11.8 Å². The Bertz CT molecular complexity index is 2140. The van der Waals surface area contributed by atoms with Crippen LogP contribution in [0.4, 0.5) is 10.8 Å². The number of hydrogen-bond donors (Lipinski definition) is 3. The van der Waals surface area contributed by atoms with Gasteiger partial charge in [0.15, 0.2) is 16.6 Å². The molecule has 0 aliphatic carbocycles. The van der Waals surface area contributed by atoms with Gasteiger partial charge in [0, 0.05) is 32.0 Å². The van der Waals surface area contributed by atoms with Crippen LogP contribution in [0.1, 0.15) is 26.0 Å². The van der Waals surface area contributed by atoms with Crippen LogP contribution in [-0.2, 0) is 9.59 Å². The van der Waals surface area contributed by atoms with E-state index in [1.165, 1.54) is 34.4 Å². The molecule has 1 unspecified atom stereocenters. The molecule has 0 fully saturated rings. The Morgan fingerprint density at radius 3 is 2.20 bits per heavy atom. The summed E-state index contributed by atoms with van der Waals surface area (Å²) in [6.45, 7) is 0. The van der Waals surface area contributed by atoms with E-state index < -0.39 is 11.2 Å². The number of thiophene rings is 1. The first-order valence-electron chi connectivity index (χ1n) is 15.6. The van der Waals surface area contributed by atoms with Crippen LogP contribution in [0.25, 0.3) is 17.3 Å². The predicted molar refractivity (Wildman–Crippen MR) is 206 cm³/mol. The van der Waals surface area contributed by atoms with E-state index in [1.54, 1.807) is 56.7 Å². The van der Waals surface area contributed by atoms with Crippen LogP contribution in [0.2, 0.25) is 0 Å². The molecular weight excluding hydrogens is 701 g/mol. The van der Waals surface area contributed by atoms with Crippen LogP contribution >= 0.6 is 34.4 Å². The van der Waals surface area contributed by atoms with Gasteiger partial charge in [-0.1, -0.05) is 54.6 Å². The molecule has 12 heteroatoms. The molecule has 256 valence electrons. The van der Waals surface area contributed by atoms with Crippen molar-refractivity contribution in [3.63, 3.8) is 0 Å². The van der Waals surface area contributed by atoms with Crippen molar-refractivity contribution in [2.45, 2.75) is 10.1 Å². The summed E-state index contributed by atoms with van der Waals surface area (Å²) in [6, 6.07) is 34.7. The summed E-state index contributed by atoms with van der Waals surface area (Å²) in [5.74, 6) is 0.122. The fourth-order valence-electron chi connectivity index (χ4n) is 4.94. The Labute approximate surface area is 307 Å². The summed E-state index contributed by atoms with van der Waals surface area (Å²) >= 11 is 4.17. The van der Waals surface area contributed by atoms with Crippen molar-refractivity contribution in [2.75, 3.05) is 24.9 Å². The second kappa shape index (κ2) is 16.8. The Morgan fingerprint density at radius 2 is 1.51 bits per heavy atom. The summed E-state index contributed by atoms with van der Waals surface area (Å²) in [6.07, 6.45) is 1.65. The van der Waals surface area contributed by atoms with E-state index in [1.807, 2.05) is 89.6 Å². The minimum atomic E-state index is -0.589. The van der Waals surface area contributed by atoms with Crippen molar-refractivity contribution < 1.29 is 23.9 Å². The Hall–Kier alpha value is -5.69. The lowest BCUT2D eigenvalue weighted by molar-refractivity contribution is -0.116. The molecule has 3 N–H and O–H groups in total. The van der Waals surface area contributed by atoms with Gasteiger partial charge in [0.1, 0.15) is 10.9 Å². The number of amides is 3. The summed E-state index contributed by atoms with van der Waals surface area (Å²) in [5.41, 5.74) is 3.44. The zero-order chi connectivity index (χ0) is 35.6. The molecule has 0 saturated heterocycles. The average Bonchev–Trinajstić information content (AvgIpc) is 3.87. The minimum absolute atomic E-state index is 0.113. The third-order valence-corrected chi connectivity index (χ3v) is 10.3. The Balaban J connectivity index is 1.15. The number of carbonyl (C=O) groups excluding carboxylic acids is 3. The number of rotatable bonds is 13. The molecule has 2 aromatic heterocycles. The van der Waals surface area contributed by atoms with Crippen molar-refractivity contribution in [1.29, 1.82) is 0 Å². The minimum Gasteiger partial charge on any atom is -0.493 e. The van der Waals surface area contributed by atoms with Crippen LogP contribution in [0, 0.1) is 0 Å². The molecular formula is C39H32N4O5S3. The molecule has 0 saturated carbocycles. The first kappa shape index (κ1) is 35.1. The molecule has 3 amide bonds. The highest BCUT2D eigenvalue weighted by molar-refractivity contribution is 8.00. The Kier molecular flexibility index (Phi) is 11.6. The van der Waals surface area contributed by atoms with E-state index in [0.29, 0.717) is 33.6 Å².